The zero-order valence-corrected chi connectivity index (χ0v) is 6.84. The zero-order chi connectivity index (χ0) is 7.94. The molecule has 1 N–H and O–H groups in total. The summed E-state index contributed by atoms with van der Waals surface area (Å²) in [5.41, 5.74) is 0. The number of hydrogen-bond acceptors (Lipinski definition) is 2. The quantitative estimate of drug-likeness (QED) is 0.608. The van der Waals surface area contributed by atoms with E-state index >= 15 is 0 Å². The maximum atomic E-state index is 10.1. The van der Waals surface area contributed by atoms with Gasteiger partial charge in [-0.1, -0.05) is 0 Å². The van der Waals surface area contributed by atoms with Crippen molar-refractivity contribution < 1.29 is 9.84 Å². The maximum absolute atomic E-state index is 10.1. The summed E-state index contributed by atoms with van der Waals surface area (Å²) in [5, 5.41) is 13.3. The second-order valence-electron chi connectivity index (χ2n) is 2.88. The predicted molar refractivity (Wildman–Crippen MR) is 42.0 cm³/mol. The molecule has 0 aromatic rings. The second-order valence-corrected chi connectivity index (χ2v) is 2.88. The highest BCUT2D eigenvalue weighted by Crippen LogP contribution is 2.06. The van der Waals surface area contributed by atoms with E-state index in [1.54, 1.807) is 0 Å². The summed E-state index contributed by atoms with van der Waals surface area (Å²) in [6.45, 7) is 2.75. The van der Waals surface area contributed by atoms with Gasteiger partial charge in [0.05, 0.1) is 12.7 Å². The lowest BCUT2D eigenvalue weighted by Crippen LogP contribution is -2.32. The normalized spacial score (nSPS) is 20.5. The molecule has 1 rings (SSSR count). The van der Waals surface area contributed by atoms with Crippen molar-refractivity contribution in [2.45, 2.75) is 25.4 Å². The summed E-state index contributed by atoms with van der Waals surface area (Å²) in [4.78, 5) is 0. The van der Waals surface area contributed by atoms with E-state index in [9.17, 15) is 5.11 Å². The molecule has 0 aliphatic carbocycles. The van der Waals surface area contributed by atoms with Crippen molar-refractivity contribution in [3.8, 4) is 0 Å². The minimum absolute atomic E-state index is 0.00896. The molecule has 1 heterocycles. The van der Waals surface area contributed by atoms with Crippen LogP contribution in [0, 0.1) is 0 Å². The molecule has 1 saturated heterocycles. The van der Waals surface area contributed by atoms with Crippen LogP contribution in [0.1, 0.15) is 19.3 Å². The van der Waals surface area contributed by atoms with E-state index in [0.29, 0.717) is 19.1 Å². The third-order valence-corrected chi connectivity index (χ3v) is 1.93. The Morgan fingerprint density at radius 1 is 1.36 bits per heavy atom. The SMILES string of the molecule is [O]CCCOC1CCNCC1. The molecule has 0 atom stereocenters. The molecular formula is C8H16NO2. The van der Waals surface area contributed by atoms with Crippen LogP contribution in [0.2, 0.25) is 0 Å². The first-order chi connectivity index (χ1) is 5.43. The van der Waals surface area contributed by atoms with Gasteiger partial charge in [0.25, 0.3) is 0 Å². The van der Waals surface area contributed by atoms with Gasteiger partial charge in [-0.3, -0.25) is 0 Å². The first-order valence-corrected chi connectivity index (χ1v) is 4.34. The molecule has 65 valence electrons. The Labute approximate surface area is 67.7 Å². The van der Waals surface area contributed by atoms with Crippen LogP contribution in [0.15, 0.2) is 0 Å². The van der Waals surface area contributed by atoms with Crippen molar-refractivity contribution >= 4 is 0 Å². The van der Waals surface area contributed by atoms with Gasteiger partial charge in [-0.2, -0.15) is 0 Å². The second kappa shape index (κ2) is 5.52. The molecule has 0 aromatic heterocycles. The summed E-state index contributed by atoms with van der Waals surface area (Å²) in [7, 11) is 0. The van der Waals surface area contributed by atoms with E-state index in [-0.39, 0.29) is 6.61 Å². The lowest BCUT2D eigenvalue weighted by Gasteiger charge is -2.22. The Balaban J connectivity index is 1.96. The summed E-state index contributed by atoms with van der Waals surface area (Å²) >= 11 is 0. The Morgan fingerprint density at radius 2 is 2.09 bits per heavy atom. The highest BCUT2D eigenvalue weighted by molar-refractivity contribution is 4.67. The van der Waals surface area contributed by atoms with Gasteiger partial charge < -0.3 is 10.1 Å². The molecule has 1 fully saturated rings. The van der Waals surface area contributed by atoms with Crippen molar-refractivity contribution in [1.82, 2.24) is 5.32 Å². The van der Waals surface area contributed by atoms with Crippen LogP contribution >= 0.6 is 0 Å². The van der Waals surface area contributed by atoms with Crippen LogP contribution < -0.4 is 5.32 Å². The Morgan fingerprint density at radius 3 is 2.73 bits per heavy atom. The smallest absolute Gasteiger partial charge is 0.0844 e. The number of rotatable bonds is 4. The van der Waals surface area contributed by atoms with Gasteiger partial charge >= 0.3 is 0 Å². The molecule has 0 spiro atoms. The van der Waals surface area contributed by atoms with Crippen molar-refractivity contribution in [3.63, 3.8) is 0 Å². The van der Waals surface area contributed by atoms with E-state index in [1.165, 1.54) is 0 Å². The van der Waals surface area contributed by atoms with Crippen LogP contribution in [0.4, 0.5) is 0 Å². The summed E-state index contributed by atoms with van der Waals surface area (Å²) in [6, 6.07) is 0. The van der Waals surface area contributed by atoms with E-state index in [2.05, 4.69) is 5.32 Å². The molecule has 1 aliphatic rings. The molecular weight excluding hydrogens is 142 g/mol. The minimum Gasteiger partial charge on any atom is -0.378 e. The van der Waals surface area contributed by atoms with Crippen LogP contribution in [0.3, 0.4) is 0 Å². The fraction of sp³-hybridized carbons (Fsp3) is 1.00. The molecule has 1 radical (unpaired) electrons. The predicted octanol–water partition coefficient (Wildman–Crippen LogP) is 0.576. The van der Waals surface area contributed by atoms with E-state index < -0.39 is 0 Å². The molecule has 1 aliphatic heterocycles. The van der Waals surface area contributed by atoms with Gasteiger partial charge in [0.2, 0.25) is 0 Å². The van der Waals surface area contributed by atoms with Gasteiger partial charge in [0, 0.05) is 6.61 Å². The molecule has 0 amide bonds. The minimum atomic E-state index is -0.00896. The fourth-order valence-corrected chi connectivity index (χ4v) is 1.27. The topological polar surface area (TPSA) is 41.2 Å². The summed E-state index contributed by atoms with van der Waals surface area (Å²) in [6.07, 6.45) is 3.25. The van der Waals surface area contributed by atoms with Crippen molar-refractivity contribution in [2.24, 2.45) is 0 Å². The first kappa shape index (κ1) is 8.97. The average Bonchev–Trinajstić information content (AvgIpc) is 2.07. The van der Waals surface area contributed by atoms with Gasteiger partial charge in [0.15, 0.2) is 0 Å². The van der Waals surface area contributed by atoms with Crippen molar-refractivity contribution in [3.05, 3.63) is 0 Å². The number of hydrogen-bond donors (Lipinski definition) is 1. The largest absolute Gasteiger partial charge is 0.378 e. The Bertz CT molecular complexity index is 92.1. The molecule has 0 unspecified atom stereocenters. The van der Waals surface area contributed by atoms with Gasteiger partial charge in [-0.05, 0) is 32.4 Å². The molecule has 3 nitrogen and oxygen atoms in total. The van der Waals surface area contributed by atoms with Crippen molar-refractivity contribution in [1.29, 1.82) is 0 Å². The van der Waals surface area contributed by atoms with Gasteiger partial charge in [-0.15, -0.1) is 0 Å². The number of ether oxygens (including phenoxy) is 1. The maximum Gasteiger partial charge on any atom is 0.0844 e. The number of piperidine rings is 1. The van der Waals surface area contributed by atoms with Crippen LogP contribution in [0.5, 0.6) is 0 Å². The molecule has 11 heavy (non-hydrogen) atoms. The third-order valence-electron chi connectivity index (χ3n) is 1.93. The highest BCUT2D eigenvalue weighted by atomic mass is 16.5. The van der Waals surface area contributed by atoms with E-state index in [0.717, 1.165) is 25.9 Å². The molecule has 3 heteroatoms. The Kier molecular flexibility index (Phi) is 4.50. The molecule has 0 saturated carbocycles. The lowest BCUT2D eigenvalue weighted by atomic mass is 10.1. The lowest BCUT2D eigenvalue weighted by molar-refractivity contribution is 0.0207. The van der Waals surface area contributed by atoms with E-state index in [1.807, 2.05) is 0 Å². The zero-order valence-electron chi connectivity index (χ0n) is 6.84. The van der Waals surface area contributed by atoms with Crippen molar-refractivity contribution in [2.75, 3.05) is 26.3 Å². The highest BCUT2D eigenvalue weighted by Gasteiger charge is 2.12. The fourth-order valence-electron chi connectivity index (χ4n) is 1.27. The monoisotopic (exact) mass is 158 g/mol. The standard InChI is InChI=1S/C8H16NO2/c10-6-1-7-11-8-2-4-9-5-3-8/h8-9H,1-7H2. The van der Waals surface area contributed by atoms with Crippen LogP contribution in [-0.2, 0) is 9.84 Å². The molecule has 0 aromatic carbocycles. The Hall–Kier alpha value is -0.120. The summed E-state index contributed by atoms with van der Waals surface area (Å²) in [5.74, 6) is 0. The van der Waals surface area contributed by atoms with Gasteiger partial charge in [0.1, 0.15) is 0 Å². The summed E-state index contributed by atoms with van der Waals surface area (Å²) < 4.78 is 5.48. The first-order valence-electron chi connectivity index (χ1n) is 4.34. The van der Waals surface area contributed by atoms with Crippen LogP contribution in [-0.4, -0.2) is 32.4 Å². The van der Waals surface area contributed by atoms with Crippen LogP contribution in [0.25, 0.3) is 0 Å². The van der Waals surface area contributed by atoms with Gasteiger partial charge in [-0.25, -0.2) is 5.11 Å². The average molecular weight is 158 g/mol. The number of nitrogens with one attached hydrogen (secondary N) is 1. The third kappa shape index (κ3) is 3.70. The van der Waals surface area contributed by atoms with E-state index in [4.69, 9.17) is 4.74 Å². The molecule has 0 bridgehead atoms.